The number of hydrogen-bond donors (Lipinski definition) is 1. The lowest BCUT2D eigenvalue weighted by Gasteiger charge is -2.31. The van der Waals surface area contributed by atoms with Gasteiger partial charge in [-0.15, -0.1) is 0 Å². The van der Waals surface area contributed by atoms with E-state index in [-0.39, 0.29) is 0 Å². The molecule has 0 bridgehead atoms. The highest BCUT2D eigenvalue weighted by Gasteiger charge is 2.30. The summed E-state index contributed by atoms with van der Waals surface area (Å²) in [7, 11) is 0. The van der Waals surface area contributed by atoms with Crippen LogP contribution in [0.15, 0.2) is 59.1 Å². The predicted octanol–water partition coefficient (Wildman–Crippen LogP) is 5.86. The second kappa shape index (κ2) is 8.92. The van der Waals surface area contributed by atoms with Crippen molar-refractivity contribution in [3.05, 3.63) is 75.9 Å². The number of hydrogen-bond acceptors (Lipinski definition) is 3. The lowest BCUT2D eigenvalue weighted by Crippen LogP contribution is -2.45. The number of rotatable bonds is 6. The van der Waals surface area contributed by atoms with Gasteiger partial charge in [0.25, 0.3) is 0 Å². The molecule has 7 heteroatoms. The quantitative estimate of drug-likeness (QED) is 0.488. The summed E-state index contributed by atoms with van der Waals surface area (Å²) in [6.45, 7) is 8.39. The first-order valence-electron chi connectivity index (χ1n) is 9.68. The summed E-state index contributed by atoms with van der Waals surface area (Å²) < 4.78 is 8.81. The van der Waals surface area contributed by atoms with E-state index in [1.807, 2.05) is 76.2 Å². The minimum absolute atomic E-state index is 0.411. The average molecular weight is 472 g/mol. The first kappa shape index (κ1) is 21.9. The lowest BCUT2D eigenvalue weighted by molar-refractivity contribution is 0.195. The van der Waals surface area contributed by atoms with Gasteiger partial charge in [-0.3, -0.25) is 9.58 Å². The molecule has 6 nitrogen and oxygen atoms in total. The van der Waals surface area contributed by atoms with E-state index in [2.05, 4.69) is 21.0 Å². The third-order valence-electron chi connectivity index (χ3n) is 4.64. The normalized spacial score (nSPS) is 11.4. The molecule has 0 aliphatic rings. The van der Waals surface area contributed by atoms with Gasteiger partial charge in [0.1, 0.15) is 12.4 Å². The zero-order valence-electron chi connectivity index (χ0n) is 17.6. The number of ether oxygens (including phenoxy) is 1. The highest BCUT2D eigenvalue weighted by molar-refractivity contribution is 9.10. The monoisotopic (exact) mass is 471 g/mol. The van der Waals surface area contributed by atoms with Crippen LogP contribution < -0.4 is 9.64 Å². The molecule has 0 aliphatic carbocycles. The Bertz CT molecular complexity index is 1030. The molecule has 0 fully saturated rings. The number of anilines is 1. The number of halogens is 1. The SMILES string of the molecule is Cc1cc(N(C(=O)O)C(C)(C)C)nn1Cc1cc(Br)ccc1OCc1ccccc1. The first-order valence-corrected chi connectivity index (χ1v) is 10.5. The molecule has 1 heterocycles. The Hall–Kier alpha value is -2.80. The van der Waals surface area contributed by atoms with E-state index < -0.39 is 11.6 Å². The van der Waals surface area contributed by atoms with Crippen molar-refractivity contribution >= 4 is 27.8 Å². The van der Waals surface area contributed by atoms with Crippen molar-refractivity contribution in [2.75, 3.05) is 4.90 Å². The Labute approximate surface area is 185 Å². The molecule has 3 aromatic rings. The Balaban J connectivity index is 1.86. The Morgan fingerprint density at radius 1 is 1.17 bits per heavy atom. The van der Waals surface area contributed by atoms with Crippen molar-refractivity contribution in [1.82, 2.24) is 9.78 Å². The van der Waals surface area contributed by atoms with Gasteiger partial charge in [-0.25, -0.2) is 4.79 Å². The van der Waals surface area contributed by atoms with E-state index in [4.69, 9.17) is 4.74 Å². The number of carbonyl (C=O) groups is 1. The summed E-state index contributed by atoms with van der Waals surface area (Å²) in [6.07, 6.45) is -1.03. The number of benzene rings is 2. The average Bonchev–Trinajstić information content (AvgIpc) is 3.00. The van der Waals surface area contributed by atoms with Crippen molar-refractivity contribution in [3.8, 4) is 5.75 Å². The maximum atomic E-state index is 11.8. The molecule has 1 amide bonds. The van der Waals surface area contributed by atoms with E-state index >= 15 is 0 Å². The zero-order valence-corrected chi connectivity index (χ0v) is 19.2. The van der Waals surface area contributed by atoms with Crippen LogP contribution in [0.1, 0.15) is 37.6 Å². The van der Waals surface area contributed by atoms with Crippen LogP contribution in [0.5, 0.6) is 5.75 Å². The second-order valence-corrected chi connectivity index (χ2v) is 9.03. The van der Waals surface area contributed by atoms with Crippen LogP contribution in [-0.2, 0) is 13.2 Å². The topological polar surface area (TPSA) is 67.6 Å². The fourth-order valence-electron chi connectivity index (χ4n) is 3.20. The Morgan fingerprint density at radius 2 is 1.87 bits per heavy atom. The van der Waals surface area contributed by atoms with E-state index in [0.29, 0.717) is 19.0 Å². The van der Waals surface area contributed by atoms with Crippen LogP contribution in [0.4, 0.5) is 10.6 Å². The molecule has 30 heavy (non-hydrogen) atoms. The predicted molar refractivity (Wildman–Crippen MR) is 121 cm³/mol. The second-order valence-electron chi connectivity index (χ2n) is 8.12. The van der Waals surface area contributed by atoms with Crippen molar-refractivity contribution < 1.29 is 14.6 Å². The van der Waals surface area contributed by atoms with Gasteiger partial charge in [-0.2, -0.15) is 5.10 Å². The van der Waals surface area contributed by atoms with Gasteiger partial charge in [0.15, 0.2) is 5.82 Å². The van der Waals surface area contributed by atoms with Crippen molar-refractivity contribution in [1.29, 1.82) is 0 Å². The van der Waals surface area contributed by atoms with E-state index in [0.717, 1.165) is 27.0 Å². The van der Waals surface area contributed by atoms with Gasteiger partial charge in [0.05, 0.1) is 6.54 Å². The summed E-state index contributed by atoms with van der Waals surface area (Å²) in [5.74, 6) is 1.18. The molecule has 0 radical (unpaired) electrons. The van der Waals surface area contributed by atoms with E-state index in [1.54, 1.807) is 10.7 Å². The van der Waals surface area contributed by atoms with Crippen molar-refractivity contribution in [2.45, 2.75) is 46.4 Å². The molecular formula is C23H26BrN3O3. The number of aryl methyl sites for hydroxylation is 1. The molecule has 0 unspecified atom stereocenters. The highest BCUT2D eigenvalue weighted by Crippen LogP contribution is 2.28. The highest BCUT2D eigenvalue weighted by atomic mass is 79.9. The molecule has 0 atom stereocenters. The lowest BCUT2D eigenvalue weighted by atomic mass is 10.1. The van der Waals surface area contributed by atoms with Crippen molar-refractivity contribution in [2.24, 2.45) is 0 Å². The maximum Gasteiger partial charge on any atom is 0.413 e. The molecule has 0 aliphatic heterocycles. The van der Waals surface area contributed by atoms with Gasteiger partial charge < -0.3 is 9.84 Å². The summed E-state index contributed by atoms with van der Waals surface area (Å²) in [5.41, 5.74) is 2.31. The minimum Gasteiger partial charge on any atom is -0.489 e. The molecule has 1 aromatic heterocycles. The third-order valence-corrected chi connectivity index (χ3v) is 5.13. The van der Waals surface area contributed by atoms with Gasteiger partial charge in [0, 0.05) is 27.3 Å². The molecular weight excluding hydrogens is 446 g/mol. The van der Waals surface area contributed by atoms with Crippen LogP contribution in [-0.4, -0.2) is 26.5 Å². The number of nitrogens with zero attached hydrogens (tertiary/aromatic N) is 3. The van der Waals surface area contributed by atoms with Crippen LogP contribution >= 0.6 is 15.9 Å². The number of amides is 1. The largest absolute Gasteiger partial charge is 0.489 e. The molecule has 2 aromatic carbocycles. The molecule has 3 rings (SSSR count). The molecule has 0 saturated carbocycles. The molecule has 1 N–H and O–H groups in total. The van der Waals surface area contributed by atoms with Gasteiger partial charge in [0.2, 0.25) is 0 Å². The summed E-state index contributed by atoms with van der Waals surface area (Å²) in [5, 5.41) is 14.2. The summed E-state index contributed by atoms with van der Waals surface area (Å²) in [4.78, 5) is 13.1. The van der Waals surface area contributed by atoms with Crippen LogP contribution in [0.2, 0.25) is 0 Å². The Morgan fingerprint density at radius 3 is 2.50 bits per heavy atom. The van der Waals surface area contributed by atoms with Gasteiger partial charge in [-0.05, 0) is 51.5 Å². The van der Waals surface area contributed by atoms with E-state index in [9.17, 15) is 9.90 Å². The Kier molecular flexibility index (Phi) is 6.51. The summed E-state index contributed by atoms with van der Waals surface area (Å²) in [6, 6.07) is 17.7. The van der Waals surface area contributed by atoms with E-state index in [1.165, 1.54) is 4.90 Å². The molecule has 0 spiro atoms. The van der Waals surface area contributed by atoms with Crippen LogP contribution in [0, 0.1) is 6.92 Å². The van der Waals surface area contributed by atoms with Crippen LogP contribution in [0.25, 0.3) is 0 Å². The first-order chi connectivity index (χ1) is 14.1. The van der Waals surface area contributed by atoms with Gasteiger partial charge >= 0.3 is 6.09 Å². The molecule has 0 saturated heterocycles. The fraction of sp³-hybridized carbons (Fsp3) is 0.304. The van der Waals surface area contributed by atoms with Crippen LogP contribution in [0.3, 0.4) is 0 Å². The number of carboxylic acid groups (broad SMARTS) is 1. The third kappa shape index (κ3) is 5.21. The maximum absolute atomic E-state index is 11.8. The summed E-state index contributed by atoms with van der Waals surface area (Å²) >= 11 is 3.53. The fourth-order valence-corrected chi connectivity index (χ4v) is 3.61. The zero-order chi connectivity index (χ0) is 21.9. The van der Waals surface area contributed by atoms with Gasteiger partial charge in [-0.1, -0.05) is 46.3 Å². The minimum atomic E-state index is -1.03. The van der Waals surface area contributed by atoms with Crippen molar-refractivity contribution in [3.63, 3.8) is 0 Å². The molecule has 158 valence electrons. The number of aromatic nitrogens is 2. The smallest absolute Gasteiger partial charge is 0.413 e. The standard InChI is InChI=1S/C23H26BrN3O3/c1-16-12-21(27(22(28)29)23(2,3)4)25-26(16)14-18-13-19(24)10-11-20(18)30-15-17-8-6-5-7-9-17/h5-13H,14-15H2,1-4H3,(H,28,29).